The van der Waals surface area contributed by atoms with Crippen molar-refractivity contribution in [3.8, 4) is 0 Å². The van der Waals surface area contributed by atoms with Gasteiger partial charge in [0.15, 0.2) is 5.96 Å². The average molecular weight is 279 g/mol. The first kappa shape index (κ1) is 16.5. The highest BCUT2D eigenvalue weighted by Gasteiger charge is 2.04. The first-order chi connectivity index (χ1) is 9.69. The molecule has 0 aliphatic carbocycles. The Bertz CT molecular complexity index is 393. The lowest BCUT2D eigenvalue weighted by molar-refractivity contribution is 0.481. The Labute approximate surface area is 122 Å². The van der Waals surface area contributed by atoms with Crippen molar-refractivity contribution >= 4 is 5.96 Å². The van der Waals surface area contributed by atoms with Gasteiger partial charge in [-0.2, -0.15) is 5.10 Å². The van der Waals surface area contributed by atoms with E-state index in [2.05, 4.69) is 40.8 Å². The number of nitrogens with zero attached hydrogens (tertiary/aromatic N) is 3. The van der Waals surface area contributed by atoms with Crippen LogP contribution in [0.25, 0.3) is 0 Å². The monoisotopic (exact) mass is 279 g/mol. The molecule has 0 bridgehead atoms. The number of hydrogen-bond donors (Lipinski definition) is 2. The van der Waals surface area contributed by atoms with Crippen LogP contribution in [0.3, 0.4) is 0 Å². The van der Waals surface area contributed by atoms with E-state index in [0.717, 1.165) is 37.8 Å². The molecular formula is C15H29N5. The van der Waals surface area contributed by atoms with E-state index in [1.54, 1.807) is 0 Å². The van der Waals surface area contributed by atoms with Gasteiger partial charge < -0.3 is 10.6 Å². The first-order valence-corrected chi connectivity index (χ1v) is 7.61. The van der Waals surface area contributed by atoms with Gasteiger partial charge in [0.05, 0.1) is 6.20 Å². The van der Waals surface area contributed by atoms with E-state index in [1.807, 2.05) is 25.0 Å². The lowest BCUT2D eigenvalue weighted by Gasteiger charge is -2.16. The molecule has 1 rings (SSSR count). The van der Waals surface area contributed by atoms with E-state index in [4.69, 9.17) is 0 Å². The lowest BCUT2D eigenvalue weighted by atomic mass is 10.0. The second-order valence-electron chi connectivity index (χ2n) is 5.19. The summed E-state index contributed by atoms with van der Waals surface area (Å²) < 4.78 is 1.85. The Balaban J connectivity index is 2.18. The van der Waals surface area contributed by atoms with E-state index < -0.39 is 0 Å². The lowest BCUT2D eigenvalue weighted by Crippen LogP contribution is -2.40. The third-order valence-corrected chi connectivity index (χ3v) is 3.63. The highest BCUT2D eigenvalue weighted by molar-refractivity contribution is 5.79. The van der Waals surface area contributed by atoms with E-state index in [0.29, 0.717) is 0 Å². The summed E-state index contributed by atoms with van der Waals surface area (Å²) in [6, 6.07) is 0. The van der Waals surface area contributed by atoms with Gasteiger partial charge in [-0.15, -0.1) is 0 Å². The molecule has 0 amide bonds. The summed E-state index contributed by atoms with van der Waals surface area (Å²) in [5.74, 6) is 1.63. The quantitative estimate of drug-likeness (QED) is 0.434. The number of aliphatic imine (C=N–C) groups is 1. The largest absolute Gasteiger partial charge is 0.356 e. The number of hydrogen-bond acceptors (Lipinski definition) is 2. The fraction of sp³-hybridized carbons (Fsp3) is 0.733. The van der Waals surface area contributed by atoms with E-state index in [1.165, 1.54) is 18.4 Å². The Morgan fingerprint density at radius 2 is 2.10 bits per heavy atom. The molecule has 0 aliphatic rings. The van der Waals surface area contributed by atoms with Crippen LogP contribution in [0, 0.1) is 5.92 Å². The summed E-state index contributed by atoms with van der Waals surface area (Å²) >= 11 is 0. The van der Waals surface area contributed by atoms with Gasteiger partial charge in [0.2, 0.25) is 0 Å². The predicted molar refractivity (Wildman–Crippen MR) is 85.0 cm³/mol. The molecular weight excluding hydrogens is 250 g/mol. The molecule has 1 aromatic rings. The molecule has 0 unspecified atom stereocenters. The second-order valence-corrected chi connectivity index (χ2v) is 5.19. The molecule has 0 spiro atoms. The summed E-state index contributed by atoms with van der Waals surface area (Å²) in [6.07, 6.45) is 8.55. The molecule has 0 saturated carbocycles. The minimum atomic E-state index is 0.726. The molecule has 5 nitrogen and oxygen atoms in total. The fourth-order valence-electron chi connectivity index (χ4n) is 2.14. The highest BCUT2D eigenvalue weighted by atomic mass is 15.2. The van der Waals surface area contributed by atoms with Crippen LogP contribution < -0.4 is 10.6 Å². The van der Waals surface area contributed by atoms with Crippen molar-refractivity contribution in [1.82, 2.24) is 20.4 Å². The Hall–Kier alpha value is -1.52. The van der Waals surface area contributed by atoms with Crippen LogP contribution in [0.15, 0.2) is 17.4 Å². The maximum atomic E-state index is 4.26. The molecule has 0 fully saturated rings. The molecule has 0 aromatic carbocycles. The van der Waals surface area contributed by atoms with E-state index in [9.17, 15) is 0 Å². The average Bonchev–Trinajstić information content (AvgIpc) is 2.87. The van der Waals surface area contributed by atoms with Crippen LogP contribution in [0.4, 0.5) is 0 Å². The van der Waals surface area contributed by atoms with Crippen molar-refractivity contribution in [2.75, 3.05) is 20.1 Å². The smallest absolute Gasteiger partial charge is 0.190 e. The molecule has 1 heterocycles. The highest BCUT2D eigenvalue weighted by Crippen LogP contribution is 2.04. The van der Waals surface area contributed by atoms with Gasteiger partial charge in [0.1, 0.15) is 0 Å². The molecule has 1 aromatic heterocycles. The van der Waals surface area contributed by atoms with Crippen LogP contribution >= 0.6 is 0 Å². The predicted octanol–water partition coefficient (Wildman–Crippen LogP) is 1.95. The van der Waals surface area contributed by atoms with Gasteiger partial charge in [-0.05, 0) is 24.3 Å². The van der Waals surface area contributed by atoms with Gasteiger partial charge in [0, 0.05) is 33.4 Å². The van der Waals surface area contributed by atoms with Crippen molar-refractivity contribution in [3.63, 3.8) is 0 Å². The van der Waals surface area contributed by atoms with Crippen molar-refractivity contribution in [3.05, 3.63) is 18.0 Å². The summed E-state index contributed by atoms with van der Waals surface area (Å²) in [4.78, 5) is 4.26. The first-order valence-electron chi connectivity index (χ1n) is 7.61. The van der Waals surface area contributed by atoms with Crippen molar-refractivity contribution in [1.29, 1.82) is 0 Å². The van der Waals surface area contributed by atoms with Gasteiger partial charge in [-0.1, -0.05) is 26.7 Å². The molecule has 5 heteroatoms. The van der Waals surface area contributed by atoms with Crippen molar-refractivity contribution in [2.45, 2.75) is 39.5 Å². The van der Waals surface area contributed by atoms with E-state index in [-0.39, 0.29) is 0 Å². The van der Waals surface area contributed by atoms with Crippen molar-refractivity contribution < 1.29 is 0 Å². The van der Waals surface area contributed by atoms with Crippen LogP contribution in [0.5, 0.6) is 0 Å². The molecule has 0 radical (unpaired) electrons. The van der Waals surface area contributed by atoms with Gasteiger partial charge in [0.25, 0.3) is 0 Å². The van der Waals surface area contributed by atoms with Crippen LogP contribution in [-0.4, -0.2) is 35.9 Å². The zero-order valence-electron chi connectivity index (χ0n) is 13.3. The maximum Gasteiger partial charge on any atom is 0.190 e. The summed E-state index contributed by atoms with van der Waals surface area (Å²) in [5, 5.41) is 10.9. The number of guanidine groups is 1. The molecule has 0 aliphatic heterocycles. The second kappa shape index (κ2) is 9.39. The molecule has 0 saturated heterocycles. The van der Waals surface area contributed by atoms with Crippen molar-refractivity contribution in [2.24, 2.45) is 18.0 Å². The normalized spacial score (nSPS) is 11.9. The summed E-state index contributed by atoms with van der Waals surface area (Å²) in [7, 11) is 3.77. The van der Waals surface area contributed by atoms with Gasteiger partial charge >= 0.3 is 0 Å². The number of rotatable bonds is 8. The molecule has 2 N–H and O–H groups in total. The minimum absolute atomic E-state index is 0.726. The van der Waals surface area contributed by atoms with Gasteiger partial charge in [-0.3, -0.25) is 9.67 Å². The van der Waals surface area contributed by atoms with Crippen LogP contribution in [0.1, 0.15) is 38.7 Å². The third-order valence-electron chi connectivity index (χ3n) is 3.63. The SMILES string of the molecule is CCC(CC)CNC(=NC)NCCCc1cnn(C)c1. The van der Waals surface area contributed by atoms with Gasteiger partial charge in [-0.25, -0.2) is 0 Å². The fourth-order valence-corrected chi connectivity index (χ4v) is 2.14. The van der Waals surface area contributed by atoms with Crippen LogP contribution in [0.2, 0.25) is 0 Å². The topological polar surface area (TPSA) is 54.2 Å². The standard InChI is InChI=1S/C15H29N5/c1-5-13(6-2)10-18-15(16-3)17-9-7-8-14-11-19-20(4)12-14/h11-13H,5-10H2,1-4H3,(H2,16,17,18). The third kappa shape index (κ3) is 6.08. The number of aryl methyl sites for hydroxylation is 2. The summed E-state index contributed by atoms with van der Waals surface area (Å²) in [6.45, 7) is 6.40. The zero-order chi connectivity index (χ0) is 14.8. The number of aromatic nitrogens is 2. The summed E-state index contributed by atoms with van der Waals surface area (Å²) in [5.41, 5.74) is 1.29. The Morgan fingerprint density at radius 3 is 2.65 bits per heavy atom. The Kier molecular flexibility index (Phi) is 7.77. The minimum Gasteiger partial charge on any atom is -0.356 e. The molecule has 114 valence electrons. The molecule has 0 atom stereocenters. The molecule has 20 heavy (non-hydrogen) atoms. The Morgan fingerprint density at radius 1 is 1.35 bits per heavy atom. The number of nitrogens with one attached hydrogen (secondary N) is 2. The zero-order valence-corrected chi connectivity index (χ0v) is 13.3. The van der Waals surface area contributed by atoms with E-state index >= 15 is 0 Å². The maximum absolute atomic E-state index is 4.26. The van der Waals surface area contributed by atoms with Crippen LogP contribution in [-0.2, 0) is 13.5 Å².